The molecule has 2 atom stereocenters. The Hall–Kier alpha value is -1.22. The zero-order valence-electron chi connectivity index (χ0n) is 14.5. The second kappa shape index (κ2) is 9.31. The van der Waals surface area contributed by atoms with E-state index in [1.165, 1.54) is 0 Å². The van der Waals surface area contributed by atoms with Crippen molar-refractivity contribution in [3.63, 3.8) is 0 Å². The molecule has 3 N–H and O–H groups in total. The monoisotopic (exact) mass is 343 g/mol. The number of nitrogens with zero attached hydrogens (tertiary/aromatic N) is 3. The summed E-state index contributed by atoms with van der Waals surface area (Å²) in [5.41, 5.74) is 0. The zero-order chi connectivity index (χ0) is 17.4. The van der Waals surface area contributed by atoms with Gasteiger partial charge in [0.05, 0.1) is 26.2 Å². The molecule has 2 bridgehead atoms. The minimum atomic E-state index is -0.814. The highest BCUT2D eigenvalue weighted by atomic mass is 16.4. The van der Waals surface area contributed by atoms with Crippen molar-refractivity contribution in [3.8, 4) is 0 Å². The molecule has 24 heavy (non-hydrogen) atoms. The van der Waals surface area contributed by atoms with Gasteiger partial charge in [0.15, 0.2) is 6.54 Å². The number of hydrogen-bond donors (Lipinski definition) is 3. The van der Waals surface area contributed by atoms with Crippen LogP contribution in [0.3, 0.4) is 0 Å². The van der Waals surface area contributed by atoms with Crippen LogP contribution in [0.5, 0.6) is 0 Å². The number of hydrogen-bond acceptors (Lipinski definition) is 5. The maximum absolute atomic E-state index is 11.5. The average molecular weight is 343 g/mol. The quantitative estimate of drug-likeness (QED) is 0.562. The van der Waals surface area contributed by atoms with Crippen molar-refractivity contribution in [3.05, 3.63) is 0 Å². The summed E-state index contributed by atoms with van der Waals surface area (Å²) < 4.78 is 0.545. The highest BCUT2D eigenvalue weighted by Gasteiger charge is 2.32. The second-order valence-corrected chi connectivity index (χ2v) is 7.03. The summed E-state index contributed by atoms with van der Waals surface area (Å²) in [5, 5.41) is 22.0. The van der Waals surface area contributed by atoms with Crippen molar-refractivity contribution in [2.75, 3.05) is 78.5 Å². The summed E-state index contributed by atoms with van der Waals surface area (Å²) in [6.07, 6.45) is 1.90. The second-order valence-electron chi connectivity index (χ2n) is 7.03. The summed E-state index contributed by atoms with van der Waals surface area (Å²) in [5.74, 6) is -1.58. The molecule has 8 nitrogen and oxygen atoms in total. The van der Waals surface area contributed by atoms with Gasteiger partial charge < -0.3 is 20.0 Å². The molecule has 138 valence electrons. The number of nitrogens with one attached hydrogen (secondary N) is 1. The van der Waals surface area contributed by atoms with E-state index in [0.29, 0.717) is 17.6 Å². The van der Waals surface area contributed by atoms with E-state index in [0.717, 1.165) is 65.2 Å². The maximum atomic E-state index is 11.5. The predicted octanol–water partition coefficient (Wildman–Crippen LogP) is -1.03. The van der Waals surface area contributed by atoms with Gasteiger partial charge in [0, 0.05) is 45.7 Å². The van der Waals surface area contributed by atoms with Gasteiger partial charge in [-0.1, -0.05) is 0 Å². The Balaban J connectivity index is 2.16. The van der Waals surface area contributed by atoms with Crippen LogP contribution >= 0.6 is 0 Å². The van der Waals surface area contributed by atoms with Crippen LogP contribution in [0.1, 0.15) is 12.8 Å². The Bertz CT molecular complexity index is 434. The minimum absolute atomic E-state index is 0.0363. The van der Waals surface area contributed by atoms with Crippen molar-refractivity contribution in [1.82, 2.24) is 15.1 Å². The normalized spacial score (nSPS) is 30.6. The molecule has 0 spiro atoms. The number of carboxylic acid groups (broad SMARTS) is 2. The Morgan fingerprint density at radius 3 is 2.42 bits per heavy atom. The van der Waals surface area contributed by atoms with Crippen LogP contribution in [0.4, 0.5) is 0 Å². The highest BCUT2D eigenvalue weighted by Crippen LogP contribution is 2.13. The first kappa shape index (κ1) is 19.1. The number of quaternary nitrogens is 1. The number of fused-ring (bicyclic) bond motifs is 3. The molecule has 0 radical (unpaired) electrons. The molecule has 2 fully saturated rings. The van der Waals surface area contributed by atoms with Crippen molar-refractivity contribution >= 4 is 11.9 Å². The zero-order valence-corrected chi connectivity index (χ0v) is 14.5. The third-order valence-corrected chi connectivity index (χ3v) is 5.15. The van der Waals surface area contributed by atoms with Crippen molar-refractivity contribution in [2.45, 2.75) is 12.8 Å². The summed E-state index contributed by atoms with van der Waals surface area (Å²) in [4.78, 5) is 26.9. The van der Waals surface area contributed by atoms with Gasteiger partial charge in [-0.15, -0.1) is 0 Å². The molecule has 0 saturated carbocycles. The minimum Gasteiger partial charge on any atom is -0.480 e. The van der Waals surface area contributed by atoms with Gasteiger partial charge in [0.1, 0.15) is 0 Å². The molecule has 0 aromatic carbocycles. The third kappa shape index (κ3) is 6.35. The topological polar surface area (TPSA) is 93.1 Å². The fourth-order valence-corrected chi connectivity index (χ4v) is 3.78. The molecule has 8 heteroatoms. The van der Waals surface area contributed by atoms with E-state index < -0.39 is 11.9 Å². The number of aliphatic carboxylic acids is 2. The summed E-state index contributed by atoms with van der Waals surface area (Å²) >= 11 is 0. The standard InChI is InChI=1S/C16H30N4O4/c21-15(22)13-19-6-2-5-18-7-4-17-3-1-10-20(11-8-18,12-9-19)14-16(23)24/h17H,1-14H2,(H-,21,22,23,24)/p+1. The van der Waals surface area contributed by atoms with Gasteiger partial charge in [-0.05, 0) is 13.0 Å². The smallest absolute Gasteiger partial charge is 0.359 e. The predicted molar refractivity (Wildman–Crippen MR) is 90.0 cm³/mol. The fourth-order valence-electron chi connectivity index (χ4n) is 3.78. The molecule has 2 saturated heterocycles. The molecule has 2 aliphatic heterocycles. The van der Waals surface area contributed by atoms with E-state index in [1.54, 1.807) is 0 Å². The fraction of sp³-hybridized carbons (Fsp3) is 0.875. The molecular formula is C16H31N4O4+. The van der Waals surface area contributed by atoms with Gasteiger partial charge in [-0.25, -0.2) is 4.79 Å². The first-order chi connectivity index (χ1) is 11.5. The first-order valence-corrected chi connectivity index (χ1v) is 8.93. The molecular weight excluding hydrogens is 312 g/mol. The molecule has 0 aromatic heterocycles. The van der Waals surface area contributed by atoms with Crippen molar-refractivity contribution in [2.24, 2.45) is 0 Å². The lowest BCUT2D eigenvalue weighted by molar-refractivity contribution is -0.920. The Labute approximate surface area is 143 Å². The van der Waals surface area contributed by atoms with E-state index in [1.807, 2.05) is 4.90 Å². The van der Waals surface area contributed by atoms with E-state index in [4.69, 9.17) is 5.11 Å². The van der Waals surface area contributed by atoms with E-state index in [2.05, 4.69) is 10.2 Å². The Kier molecular flexibility index (Phi) is 7.41. The lowest BCUT2D eigenvalue weighted by Crippen LogP contribution is -2.59. The molecule has 0 amide bonds. The average Bonchev–Trinajstić information content (AvgIpc) is 2.51. The van der Waals surface area contributed by atoms with E-state index in [-0.39, 0.29) is 13.1 Å². The number of rotatable bonds is 4. The summed E-state index contributed by atoms with van der Waals surface area (Å²) in [6.45, 7) is 8.59. The van der Waals surface area contributed by atoms with Crippen LogP contribution in [0.25, 0.3) is 0 Å². The molecule has 0 aromatic rings. The maximum Gasteiger partial charge on any atom is 0.359 e. The SMILES string of the molecule is O=C(O)CN1CCCN2CCNCCC[N+](CC(=O)O)(CC2)CC1. The number of carboxylic acids is 2. The van der Waals surface area contributed by atoms with Crippen LogP contribution in [-0.4, -0.2) is 115 Å². The van der Waals surface area contributed by atoms with Crippen LogP contribution < -0.4 is 5.32 Å². The van der Waals surface area contributed by atoms with E-state index in [9.17, 15) is 14.7 Å². The number of carbonyl (C=O) groups is 2. The van der Waals surface area contributed by atoms with Gasteiger partial charge >= 0.3 is 11.9 Å². The first-order valence-electron chi connectivity index (χ1n) is 8.93. The lowest BCUT2D eigenvalue weighted by atomic mass is 10.2. The molecule has 2 heterocycles. The molecule has 2 aliphatic rings. The largest absolute Gasteiger partial charge is 0.480 e. The van der Waals surface area contributed by atoms with Gasteiger partial charge in [0.2, 0.25) is 0 Å². The Morgan fingerprint density at radius 2 is 1.67 bits per heavy atom. The molecule has 2 unspecified atom stereocenters. The van der Waals surface area contributed by atoms with Crippen molar-refractivity contribution < 1.29 is 24.3 Å². The summed E-state index contributed by atoms with van der Waals surface area (Å²) in [6, 6.07) is 0. The van der Waals surface area contributed by atoms with Crippen LogP contribution in [-0.2, 0) is 9.59 Å². The molecule has 0 aliphatic carbocycles. The Morgan fingerprint density at radius 1 is 0.875 bits per heavy atom. The van der Waals surface area contributed by atoms with Gasteiger partial charge in [-0.2, -0.15) is 0 Å². The van der Waals surface area contributed by atoms with Crippen LogP contribution in [0.2, 0.25) is 0 Å². The van der Waals surface area contributed by atoms with Gasteiger partial charge in [-0.3, -0.25) is 14.6 Å². The molecule has 2 rings (SSSR count). The van der Waals surface area contributed by atoms with Crippen molar-refractivity contribution in [1.29, 1.82) is 0 Å². The van der Waals surface area contributed by atoms with Crippen LogP contribution in [0, 0.1) is 0 Å². The lowest BCUT2D eigenvalue weighted by Gasteiger charge is -2.42. The van der Waals surface area contributed by atoms with Crippen LogP contribution in [0.15, 0.2) is 0 Å². The highest BCUT2D eigenvalue weighted by molar-refractivity contribution is 5.69. The van der Waals surface area contributed by atoms with E-state index >= 15 is 0 Å². The summed E-state index contributed by atoms with van der Waals surface area (Å²) in [7, 11) is 0. The third-order valence-electron chi connectivity index (χ3n) is 5.15. The van der Waals surface area contributed by atoms with Gasteiger partial charge in [0.25, 0.3) is 0 Å².